The third-order valence-electron chi connectivity index (χ3n) is 2.13. The second-order valence-electron chi connectivity index (χ2n) is 3.98. The summed E-state index contributed by atoms with van der Waals surface area (Å²) in [5.74, 6) is -0.804. The predicted molar refractivity (Wildman–Crippen MR) is 61.5 cm³/mol. The number of hydrogen-bond donors (Lipinski definition) is 2. The van der Waals surface area contributed by atoms with E-state index in [0.29, 0.717) is 19.7 Å². The average molecular weight is 233 g/mol. The first-order valence-corrected chi connectivity index (χ1v) is 5.73. The molecular weight excluding hydrogens is 210 g/mol. The predicted octanol–water partition coefficient (Wildman–Crippen LogP) is 0.570. The lowest BCUT2D eigenvalue weighted by Crippen LogP contribution is -2.31. The van der Waals surface area contributed by atoms with Gasteiger partial charge in [0.25, 0.3) is 0 Å². The molecule has 0 aromatic rings. The van der Waals surface area contributed by atoms with Gasteiger partial charge in [-0.15, -0.1) is 0 Å². The third kappa shape index (κ3) is 9.89. The first-order chi connectivity index (χ1) is 7.56. The summed E-state index contributed by atoms with van der Waals surface area (Å²) in [6, 6.07) is 0. The zero-order valence-electron chi connectivity index (χ0n) is 10.2. The minimum atomic E-state index is -0.804. The molecule has 5 nitrogen and oxygen atoms in total. The van der Waals surface area contributed by atoms with Gasteiger partial charge in [0, 0.05) is 26.2 Å². The number of aliphatic hydroxyl groups is 1. The van der Waals surface area contributed by atoms with E-state index in [9.17, 15) is 4.79 Å². The lowest BCUT2D eigenvalue weighted by Gasteiger charge is -2.20. The number of aliphatic carboxylic acids is 1. The number of rotatable bonds is 10. The number of nitrogens with zero attached hydrogens (tertiary/aromatic N) is 1. The molecule has 0 radical (unpaired) electrons. The van der Waals surface area contributed by atoms with E-state index in [4.69, 9.17) is 14.9 Å². The lowest BCUT2D eigenvalue weighted by atomic mass is 10.3. The van der Waals surface area contributed by atoms with Crippen molar-refractivity contribution in [1.29, 1.82) is 0 Å². The van der Waals surface area contributed by atoms with E-state index in [1.165, 1.54) is 0 Å². The highest BCUT2D eigenvalue weighted by Gasteiger charge is 2.06. The van der Waals surface area contributed by atoms with Crippen molar-refractivity contribution >= 4 is 5.97 Å². The minimum absolute atomic E-state index is 0.0602. The second-order valence-corrected chi connectivity index (χ2v) is 3.98. The molecular formula is C11H23NO4. The van der Waals surface area contributed by atoms with Crippen LogP contribution in [0.1, 0.15) is 26.7 Å². The molecule has 0 aromatic carbocycles. The van der Waals surface area contributed by atoms with E-state index in [1.807, 2.05) is 18.7 Å². The molecule has 0 amide bonds. The van der Waals surface area contributed by atoms with Crippen LogP contribution in [0.5, 0.6) is 0 Å². The molecule has 0 aliphatic heterocycles. The van der Waals surface area contributed by atoms with Crippen molar-refractivity contribution < 1.29 is 19.7 Å². The Balaban J connectivity index is 3.63. The topological polar surface area (TPSA) is 70.0 Å². The van der Waals surface area contributed by atoms with Crippen molar-refractivity contribution in [2.24, 2.45) is 0 Å². The first kappa shape index (κ1) is 15.3. The van der Waals surface area contributed by atoms with E-state index in [0.717, 1.165) is 13.0 Å². The second kappa shape index (κ2) is 9.57. The van der Waals surface area contributed by atoms with Gasteiger partial charge in [-0.1, -0.05) is 0 Å². The van der Waals surface area contributed by atoms with Gasteiger partial charge in [0.1, 0.15) is 0 Å². The summed E-state index contributed by atoms with van der Waals surface area (Å²) in [5.41, 5.74) is 0. The quantitative estimate of drug-likeness (QED) is 0.540. The molecule has 0 aromatic heterocycles. The monoisotopic (exact) mass is 233 g/mol. The highest BCUT2D eigenvalue weighted by molar-refractivity contribution is 5.66. The number of carboxylic acids is 1. The molecule has 0 bridgehead atoms. The number of hydrogen-bond acceptors (Lipinski definition) is 4. The van der Waals surface area contributed by atoms with Gasteiger partial charge in [-0.05, 0) is 20.3 Å². The molecule has 0 saturated heterocycles. The maximum absolute atomic E-state index is 10.4. The lowest BCUT2D eigenvalue weighted by molar-refractivity contribution is -0.137. The minimum Gasteiger partial charge on any atom is -0.481 e. The Hall–Kier alpha value is -0.650. The van der Waals surface area contributed by atoms with Crippen LogP contribution in [0, 0.1) is 0 Å². The normalized spacial score (nSPS) is 11.3. The average Bonchev–Trinajstić information content (AvgIpc) is 2.20. The van der Waals surface area contributed by atoms with E-state index >= 15 is 0 Å². The van der Waals surface area contributed by atoms with E-state index in [2.05, 4.69) is 0 Å². The number of carboxylic acid groups (broad SMARTS) is 1. The van der Waals surface area contributed by atoms with Gasteiger partial charge in [0.2, 0.25) is 0 Å². The fourth-order valence-electron chi connectivity index (χ4n) is 1.34. The number of aliphatic hydroxyl groups excluding tert-OH is 1. The fraction of sp³-hybridized carbons (Fsp3) is 0.909. The molecule has 0 atom stereocenters. The molecule has 0 aliphatic carbocycles. The molecule has 0 aliphatic rings. The zero-order chi connectivity index (χ0) is 12.4. The van der Waals surface area contributed by atoms with Crippen LogP contribution in [-0.2, 0) is 9.53 Å². The molecule has 0 spiro atoms. The SMILES string of the molecule is CC(C)OCCCN(CCO)CCC(=O)O. The van der Waals surface area contributed by atoms with Gasteiger partial charge in [-0.3, -0.25) is 4.79 Å². The van der Waals surface area contributed by atoms with Gasteiger partial charge in [0.15, 0.2) is 0 Å². The maximum atomic E-state index is 10.4. The number of ether oxygens (including phenoxy) is 1. The van der Waals surface area contributed by atoms with Crippen molar-refractivity contribution in [3.63, 3.8) is 0 Å². The summed E-state index contributed by atoms with van der Waals surface area (Å²) < 4.78 is 5.39. The van der Waals surface area contributed by atoms with Crippen molar-refractivity contribution in [3.05, 3.63) is 0 Å². The zero-order valence-corrected chi connectivity index (χ0v) is 10.2. The van der Waals surface area contributed by atoms with Gasteiger partial charge in [-0.25, -0.2) is 0 Å². The van der Waals surface area contributed by atoms with Crippen molar-refractivity contribution in [2.45, 2.75) is 32.8 Å². The summed E-state index contributed by atoms with van der Waals surface area (Å²) in [6.45, 7) is 6.47. The van der Waals surface area contributed by atoms with Crippen LogP contribution in [-0.4, -0.2) is 60.0 Å². The highest BCUT2D eigenvalue weighted by atomic mass is 16.5. The van der Waals surface area contributed by atoms with Crippen LogP contribution in [0.2, 0.25) is 0 Å². The van der Waals surface area contributed by atoms with Crippen LogP contribution in [0.3, 0.4) is 0 Å². The summed E-state index contributed by atoms with van der Waals surface area (Å²) in [6.07, 6.45) is 1.20. The molecule has 0 rings (SSSR count). The number of carbonyl (C=O) groups is 1. The highest BCUT2D eigenvalue weighted by Crippen LogP contribution is 1.96. The smallest absolute Gasteiger partial charge is 0.304 e. The molecule has 2 N–H and O–H groups in total. The summed E-state index contributed by atoms with van der Waals surface area (Å²) in [4.78, 5) is 12.4. The van der Waals surface area contributed by atoms with Gasteiger partial charge < -0.3 is 19.8 Å². The Kier molecular flexibility index (Phi) is 9.18. The van der Waals surface area contributed by atoms with Crippen LogP contribution >= 0.6 is 0 Å². The van der Waals surface area contributed by atoms with Gasteiger partial charge in [0.05, 0.1) is 19.1 Å². The molecule has 0 fully saturated rings. The van der Waals surface area contributed by atoms with Crippen molar-refractivity contribution in [3.8, 4) is 0 Å². The Morgan fingerprint density at radius 3 is 2.50 bits per heavy atom. The molecule has 0 saturated carbocycles. The first-order valence-electron chi connectivity index (χ1n) is 5.73. The van der Waals surface area contributed by atoms with E-state index in [-0.39, 0.29) is 19.1 Å². The summed E-state index contributed by atoms with van der Waals surface area (Å²) in [5, 5.41) is 17.4. The Morgan fingerprint density at radius 2 is 2.00 bits per heavy atom. The van der Waals surface area contributed by atoms with E-state index in [1.54, 1.807) is 0 Å². The van der Waals surface area contributed by atoms with Crippen LogP contribution in [0.15, 0.2) is 0 Å². The Bertz CT molecular complexity index is 185. The van der Waals surface area contributed by atoms with Crippen molar-refractivity contribution in [1.82, 2.24) is 4.90 Å². The van der Waals surface area contributed by atoms with E-state index < -0.39 is 5.97 Å². The third-order valence-corrected chi connectivity index (χ3v) is 2.13. The Morgan fingerprint density at radius 1 is 1.31 bits per heavy atom. The molecule has 16 heavy (non-hydrogen) atoms. The molecule has 5 heteroatoms. The molecule has 0 unspecified atom stereocenters. The van der Waals surface area contributed by atoms with Gasteiger partial charge >= 0.3 is 5.97 Å². The standard InChI is InChI=1S/C11H23NO4/c1-10(2)16-9-3-5-12(7-8-13)6-4-11(14)15/h10,13H,3-9H2,1-2H3,(H,14,15). The van der Waals surface area contributed by atoms with Gasteiger partial charge in [-0.2, -0.15) is 0 Å². The van der Waals surface area contributed by atoms with Crippen molar-refractivity contribution in [2.75, 3.05) is 32.8 Å². The summed E-state index contributed by atoms with van der Waals surface area (Å²) in [7, 11) is 0. The summed E-state index contributed by atoms with van der Waals surface area (Å²) >= 11 is 0. The van der Waals surface area contributed by atoms with Crippen LogP contribution < -0.4 is 0 Å². The molecule has 0 heterocycles. The maximum Gasteiger partial charge on any atom is 0.304 e. The molecule has 96 valence electrons. The fourth-order valence-corrected chi connectivity index (χ4v) is 1.34. The van der Waals surface area contributed by atoms with Crippen LogP contribution in [0.25, 0.3) is 0 Å². The Labute approximate surface area is 97.0 Å². The van der Waals surface area contributed by atoms with Crippen LogP contribution in [0.4, 0.5) is 0 Å². The largest absolute Gasteiger partial charge is 0.481 e.